The number of hydrogen-bond donors (Lipinski definition) is 0. The van der Waals surface area contributed by atoms with Gasteiger partial charge >= 0.3 is 0 Å². The predicted molar refractivity (Wildman–Crippen MR) is 269 cm³/mol. The molecule has 0 saturated heterocycles. The van der Waals surface area contributed by atoms with Crippen molar-refractivity contribution >= 4 is 35.3 Å². The highest BCUT2D eigenvalue weighted by Gasteiger charge is 2.38. The molecule has 0 N–H and O–H groups in total. The van der Waals surface area contributed by atoms with E-state index in [4.69, 9.17) is 0 Å². The summed E-state index contributed by atoms with van der Waals surface area (Å²) in [5.41, 5.74) is 25.7. The van der Waals surface area contributed by atoms with Crippen molar-refractivity contribution in [1.82, 2.24) is 0 Å². The molecule has 0 aromatic heterocycles. The van der Waals surface area contributed by atoms with Crippen LogP contribution in [0.2, 0.25) is 0 Å². The average Bonchev–Trinajstić information content (AvgIpc) is 3.77. The van der Waals surface area contributed by atoms with Crippen LogP contribution in [0.3, 0.4) is 0 Å². The molecule has 306 valence electrons. The number of nitrogens with zero attached hydrogens (tertiary/aromatic N) is 1. The first kappa shape index (κ1) is 38.9. The van der Waals surface area contributed by atoms with Crippen molar-refractivity contribution in [3.8, 4) is 44.5 Å². The molecule has 8 aromatic carbocycles. The number of allylic oxidation sites excluding steroid dienone is 1. The van der Waals surface area contributed by atoms with E-state index in [0.29, 0.717) is 0 Å². The first-order valence-electron chi connectivity index (χ1n) is 22.5. The molecule has 63 heavy (non-hydrogen) atoms. The molecular formula is C62H53N. The Morgan fingerprint density at radius 1 is 0.317 bits per heavy atom. The molecule has 0 radical (unpaired) electrons. The third-order valence-corrected chi connectivity index (χ3v) is 14.6. The number of rotatable bonds is 7. The van der Waals surface area contributed by atoms with Crippen molar-refractivity contribution < 1.29 is 0 Å². The summed E-state index contributed by atoms with van der Waals surface area (Å²) in [6.07, 6.45) is 8.88. The minimum Gasteiger partial charge on any atom is -0.310 e. The summed E-state index contributed by atoms with van der Waals surface area (Å²) in [7, 11) is 0. The molecule has 0 aliphatic heterocycles. The van der Waals surface area contributed by atoms with Gasteiger partial charge in [-0.15, -0.1) is 0 Å². The molecule has 0 amide bonds. The van der Waals surface area contributed by atoms with Gasteiger partial charge in [0.2, 0.25) is 0 Å². The standard InChI is InChI=1S/C62H53N/c1-8-14-40-21-30-49-50-31-22-41(36-56(50)61(4,5)55(49)35-40)19-20-42-23-32-51-53-34-29-47(39-59(53)62(6,7)57(51)37-42)63(45-15-10-9-11-16-45)46-27-24-43(25-28-46)44-26-33-52-48-17-12-13-18-54(48)60(2,3)58(52)38-44/h8-39H,1-7H3/b14-8+,20-19+. The van der Waals surface area contributed by atoms with E-state index in [1.807, 2.05) is 0 Å². The lowest BCUT2D eigenvalue weighted by Gasteiger charge is -2.28. The Morgan fingerprint density at radius 3 is 1.29 bits per heavy atom. The lowest BCUT2D eigenvalue weighted by Crippen LogP contribution is -2.16. The Bertz CT molecular complexity index is 3190. The molecule has 0 fully saturated rings. The van der Waals surface area contributed by atoms with Gasteiger partial charge in [0.15, 0.2) is 0 Å². The maximum Gasteiger partial charge on any atom is 0.0465 e. The van der Waals surface area contributed by atoms with Gasteiger partial charge in [-0.2, -0.15) is 0 Å². The van der Waals surface area contributed by atoms with Crippen LogP contribution in [0.5, 0.6) is 0 Å². The molecule has 0 unspecified atom stereocenters. The van der Waals surface area contributed by atoms with Crippen LogP contribution in [0.15, 0.2) is 176 Å². The van der Waals surface area contributed by atoms with Crippen LogP contribution >= 0.6 is 0 Å². The SMILES string of the molecule is C/C=C/c1ccc2c(c1)C(C)(C)c1cc(/C=C/c3ccc4c(c3)C(C)(C)c3cc(N(c5ccccc5)c5ccc(-c6ccc7c(c6)C(C)(C)c6ccccc6-7)cc5)ccc3-4)ccc1-2. The van der Waals surface area contributed by atoms with Gasteiger partial charge in [-0.1, -0.05) is 193 Å². The Labute approximate surface area is 373 Å². The van der Waals surface area contributed by atoms with Gasteiger partial charge in [0.1, 0.15) is 0 Å². The number of hydrogen-bond acceptors (Lipinski definition) is 1. The zero-order valence-corrected chi connectivity index (χ0v) is 37.4. The summed E-state index contributed by atoms with van der Waals surface area (Å²) < 4.78 is 0. The lowest BCUT2D eigenvalue weighted by atomic mass is 9.81. The Kier molecular flexibility index (Phi) is 8.83. The average molecular weight is 812 g/mol. The molecule has 3 aliphatic rings. The topological polar surface area (TPSA) is 3.24 Å². The molecule has 1 heteroatoms. The van der Waals surface area contributed by atoms with Crippen LogP contribution in [0.1, 0.15) is 98.5 Å². The summed E-state index contributed by atoms with van der Waals surface area (Å²) in [5.74, 6) is 0. The minimum atomic E-state index is -0.174. The summed E-state index contributed by atoms with van der Waals surface area (Å²) >= 11 is 0. The van der Waals surface area contributed by atoms with Gasteiger partial charge < -0.3 is 4.90 Å². The van der Waals surface area contributed by atoms with E-state index in [0.717, 1.165) is 17.1 Å². The third kappa shape index (κ3) is 6.12. The number of para-hydroxylation sites is 1. The van der Waals surface area contributed by atoms with E-state index >= 15 is 0 Å². The molecule has 8 aromatic rings. The van der Waals surface area contributed by atoms with Crippen LogP contribution in [0.25, 0.3) is 62.7 Å². The lowest BCUT2D eigenvalue weighted by molar-refractivity contribution is 0.660. The van der Waals surface area contributed by atoms with Crippen LogP contribution in [-0.2, 0) is 16.2 Å². The zero-order chi connectivity index (χ0) is 43.3. The smallest absolute Gasteiger partial charge is 0.0465 e. The highest BCUT2D eigenvalue weighted by Crippen LogP contribution is 2.53. The fourth-order valence-corrected chi connectivity index (χ4v) is 11.1. The highest BCUT2D eigenvalue weighted by atomic mass is 15.1. The van der Waals surface area contributed by atoms with Crippen molar-refractivity contribution in [2.75, 3.05) is 4.90 Å². The van der Waals surface area contributed by atoms with Crippen LogP contribution in [0.4, 0.5) is 17.1 Å². The van der Waals surface area contributed by atoms with Gasteiger partial charge in [-0.25, -0.2) is 0 Å². The highest BCUT2D eigenvalue weighted by molar-refractivity contribution is 5.89. The van der Waals surface area contributed by atoms with E-state index < -0.39 is 0 Å². The maximum absolute atomic E-state index is 2.43. The summed E-state index contributed by atoms with van der Waals surface area (Å²) in [4.78, 5) is 2.40. The molecule has 11 rings (SSSR count). The first-order valence-corrected chi connectivity index (χ1v) is 22.5. The van der Waals surface area contributed by atoms with Crippen molar-refractivity contribution in [2.45, 2.75) is 64.7 Å². The second kappa shape index (κ2) is 14.3. The zero-order valence-electron chi connectivity index (χ0n) is 37.4. The summed E-state index contributed by atoms with van der Waals surface area (Å²) in [6.45, 7) is 16.3. The van der Waals surface area contributed by atoms with E-state index in [-0.39, 0.29) is 16.2 Å². The molecule has 0 atom stereocenters. The first-order chi connectivity index (χ1) is 30.4. The Balaban J connectivity index is 0.886. The third-order valence-electron chi connectivity index (χ3n) is 14.6. The molecule has 0 bridgehead atoms. The van der Waals surface area contributed by atoms with Gasteiger partial charge in [0.25, 0.3) is 0 Å². The second-order valence-corrected chi connectivity index (χ2v) is 19.4. The minimum absolute atomic E-state index is 0.0309. The van der Waals surface area contributed by atoms with Crippen molar-refractivity contribution in [1.29, 1.82) is 0 Å². The van der Waals surface area contributed by atoms with Crippen LogP contribution in [0, 0.1) is 0 Å². The van der Waals surface area contributed by atoms with E-state index in [2.05, 4.69) is 248 Å². The van der Waals surface area contributed by atoms with Crippen molar-refractivity contribution in [3.63, 3.8) is 0 Å². The largest absolute Gasteiger partial charge is 0.310 e. The Morgan fingerprint density at radius 2 is 0.714 bits per heavy atom. The predicted octanol–water partition coefficient (Wildman–Crippen LogP) is 16.9. The monoisotopic (exact) mass is 811 g/mol. The number of anilines is 3. The van der Waals surface area contributed by atoms with Crippen LogP contribution in [-0.4, -0.2) is 0 Å². The normalized spacial score (nSPS) is 15.5. The van der Waals surface area contributed by atoms with E-state index in [1.54, 1.807) is 0 Å². The van der Waals surface area contributed by atoms with Crippen molar-refractivity contribution in [3.05, 3.63) is 226 Å². The van der Waals surface area contributed by atoms with Crippen LogP contribution < -0.4 is 4.90 Å². The summed E-state index contributed by atoms with van der Waals surface area (Å²) in [5, 5.41) is 0. The quantitative estimate of drug-likeness (QED) is 0.145. The molecule has 1 nitrogen and oxygen atoms in total. The molecule has 0 saturated carbocycles. The molecular weight excluding hydrogens is 759 g/mol. The van der Waals surface area contributed by atoms with Gasteiger partial charge in [0, 0.05) is 33.3 Å². The molecule has 0 spiro atoms. The number of fused-ring (bicyclic) bond motifs is 9. The van der Waals surface area contributed by atoms with Gasteiger partial charge in [0.05, 0.1) is 0 Å². The molecule has 0 heterocycles. The van der Waals surface area contributed by atoms with Crippen molar-refractivity contribution in [2.24, 2.45) is 0 Å². The Hall–Kier alpha value is -6.96. The van der Waals surface area contributed by atoms with Gasteiger partial charge in [-0.3, -0.25) is 0 Å². The summed E-state index contributed by atoms with van der Waals surface area (Å²) in [6, 6.07) is 63.8. The fourth-order valence-electron chi connectivity index (χ4n) is 11.1. The van der Waals surface area contributed by atoms with Gasteiger partial charge in [-0.05, 0) is 144 Å². The maximum atomic E-state index is 2.43. The second-order valence-electron chi connectivity index (χ2n) is 19.4. The van der Waals surface area contributed by atoms with E-state index in [1.165, 1.54) is 94.6 Å². The number of benzene rings is 8. The molecule has 3 aliphatic carbocycles. The fraction of sp³-hybridized carbons (Fsp3) is 0.161. The van der Waals surface area contributed by atoms with E-state index in [9.17, 15) is 0 Å².